The highest BCUT2D eigenvalue weighted by atomic mass is 16.7. The number of esters is 4. The molecule has 6 rings (SSSR count). The molecule has 0 atom stereocenters. The predicted octanol–water partition coefficient (Wildman–Crippen LogP) is 8.00. The van der Waals surface area contributed by atoms with Crippen LogP contribution in [0.3, 0.4) is 0 Å². The number of carbonyl (C=O) groups is 4. The van der Waals surface area contributed by atoms with E-state index < -0.39 is 11.9 Å². The summed E-state index contributed by atoms with van der Waals surface area (Å²) >= 11 is 0. The number of hydrogen-bond acceptors (Lipinski definition) is 10. The Morgan fingerprint density at radius 2 is 0.962 bits per heavy atom. The van der Waals surface area contributed by atoms with Crippen LogP contribution in [0.5, 0.6) is 11.5 Å². The molecule has 2 aliphatic rings. The van der Waals surface area contributed by atoms with Crippen LogP contribution in [0, 0.1) is 11.8 Å². The van der Waals surface area contributed by atoms with Gasteiger partial charge in [-0.05, 0) is 108 Å². The summed E-state index contributed by atoms with van der Waals surface area (Å²) in [6, 6.07) is 23.4. The molecule has 4 aromatic rings. The number of ether oxygens (including phenoxy) is 6. The summed E-state index contributed by atoms with van der Waals surface area (Å²) in [5, 5.41) is 3.83. The van der Waals surface area contributed by atoms with Crippen LogP contribution < -0.4 is 9.47 Å². The smallest absolute Gasteiger partial charge is 0.332 e. The number of rotatable bonds is 13. The van der Waals surface area contributed by atoms with E-state index in [0.29, 0.717) is 62.9 Å². The summed E-state index contributed by atoms with van der Waals surface area (Å²) in [6.45, 7) is 6.46. The predicted molar refractivity (Wildman–Crippen MR) is 194 cm³/mol. The molecule has 4 aromatic carbocycles. The third kappa shape index (κ3) is 9.12. The minimum absolute atomic E-state index is 0.0852. The first-order valence-electron chi connectivity index (χ1n) is 17.6. The standard InChI is InChI=1S/C42H42O10/c1-3-39(43)49-25-47-31-17-13-29(14-18-31)41(45)51-33-21-11-27-7-5-9-35(37(27)23-33)36-10-6-8-28-12-22-34(24-38(28)36)52-42(46)30-15-19-32(20-16-30)48-26-50-40(44)4-2/h3-12,21-24,29-32H,1-2,13-20,25-26H2. The summed E-state index contributed by atoms with van der Waals surface area (Å²) < 4.78 is 32.9. The van der Waals surface area contributed by atoms with E-state index >= 15 is 0 Å². The van der Waals surface area contributed by atoms with Crippen molar-refractivity contribution in [3.05, 3.63) is 98.1 Å². The molecule has 0 spiro atoms. The fourth-order valence-electron chi connectivity index (χ4n) is 6.92. The molecule has 2 aliphatic carbocycles. The van der Waals surface area contributed by atoms with Gasteiger partial charge in [-0.25, -0.2) is 9.59 Å². The number of carbonyl (C=O) groups excluding carboxylic acids is 4. The van der Waals surface area contributed by atoms with Gasteiger partial charge < -0.3 is 28.4 Å². The highest BCUT2D eigenvalue weighted by Crippen LogP contribution is 2.38. The van der Waals surface area contributed by atoms with E-state index in [1.165, 1.54) is 0 Å². The Kier molecular flexibility index (Phi) is 12.1. The van der Waals surface area contributed by atoms with E-state index in [1.54, 1.807) is 0 Å². The van der Waals surface area contributed by atoms with Crippen LogP contribution in [-0.2, 0) is 38.1 Å². The molecule has 270 valence electrons. The van der Waals surface area contributed by atoms with Gasteiger partial charge in [0, 0.05) is 12.2 Å². The SMILES string of the molecule is C=CC(=O)OCOC1CCC(C(=O)Oc2ccc3cccc(-c4cccc5ccc(OC(=O)C6CCC(OCOC(=O)C=C)CC6)cc45)c3c2)CC1. The summed E-state index contributed by atoms with van der Waals surface area (Å²) in [7, 11) is 0. The molecule has 0 saturated heterocycles. The van der Waals surface area contributed by atoms with E-state index in [-0.39, 0.29) is 49.6 Å². The Bertz CT molecular complexity index is 1810. The largest absolute Gasteiger partial charge is 0.435 e. The first-order chi connectivity index (χ1) is 25.3. The van der Waals surface area contributed by atoms with Crippen molar-refractivity contribution < 1.29 is 47.6 Å². The van der Waals surface area contributed by atoms with E-state index in [2.05, 4.69) is 13.2 Å². The fourth-order valence-corrected chi connectivity index (χ4v) is 6.92. The van der Waals surface area contributed by atoms with Gasteiger partial charge in [-0.2, -0.15) is 0 Å². The average molecular weight is 707 g/mol. The zero-order chi connectivity index (χ0) is 36.5. The fraction of sp³-hybridized carbons (Fsp3) is 0.333. The van der Waals surface area contributed by atoms with Crippen molar-refractivity contribution in [3.8, 4) is 22.6 Å². The molecular formula is C42H42O10. The van der Waals surface area contributed by atoms with Gasteiger partial charge in [-0.15, -0.1) is 0 Å². The van der Waals surface area contributed by atoms with Crippen molar-refractivity contribution in [1.82, 2.24) is 0 Å². The molecule has 10 heteroatoms. The second-order valence-corrected chi connectivity index (χ2v) is 13.1. The van der Waals surface area contributed by atoms with Crippen LogP contribution in [-0.4, -0.2) is 49.7 Å². The van der Waals surface area contributed by atoms with Crippen LogP contribution in [0.1, 0.15) is 51.4 Å². The molecule has 0 unspecified atom stereocenters. The highest BCUT2D eigenvalue weighted by molar-refractivity contribution is 6.06. The summed E-state index contributed by atoms with van der Waals surface area (Å²) in [4.78, 5) is 48.9. The molecule has 2 saturated carbocycles. The Morgan fingerprint density at radius 3 is 1.35 bits per heavy atom. The van der Waals surface area contributed by atoms with Gasteiger partial charge in [0.1, 0.15) is 11.5 Å². The first-order valence-corrected chi connectivity index (χ1v) is 17.6. The van der Waals surface area contributed by atoms with Gasteiger partial charge in [0.05, 0.1) is 24.0 Å². The van der Waals surface area contributed by atoms with E-state index in [0.717, 1.165) is 44.8 Å². The zero-order valence-corrected chi connectivity index (χ0v) is 29.0. The minimum atomic E-state index is -0.535. The van der Waals surface area contributed by atoms with Crippen molar-refractivity contribution in [2.45, 2.75) is 63.6 Å². The second kappa shape index (κ2) is 17.3. The molecular weight excluding hydrogens is 664 g/mol. The van der Waals surface area contributed by atoms with Crippen molar-refractivity contribution in [2.75, 3.05) is 13.6 Å². The third-order valence-corrected chi connectivity index (χ3v) is 9.79. The quantitative estimate of drug-likeness (QED) is 0.0585. The second-order valence-electron chi connectivity index (χ2n) is 13.1. The van der Waals surface area contributed by atoms with E-state index in [4.69, 9.17) is 28.4 Å². The third-order valence-electron chi connectivity index (χ3n) is 9.79. The number of benzene rings is 4. The maximum atomic E-state index is 13.2. The lowest BCUT2D eigenvalue weighted by atomic mass is 9.87. The summed E-state index contributed by atoms with van der Waals surface area (Å²) in [5.74, 6) is -1.20. The average Bonchev–Trinajstić information content (AvgIpc) is 3.17. The van der Waals surface area contributed by atoms with Crippen LogP contribution in [0.15, 0.2) is 98.1 Å². The van der Waals surface area contributed by atoms with Crippen LogP contribution in [0.4, 0.5) is 0 Å². The van der Waals surface area contributed by atoms with Gasteiger partial charge in [-0.1, -0.05) is 61.7 Å². The topological polar surface area (TPSA) is 124 Å². The highest BCUT2D eigenvalue weighted by Gasteiger charge is 2.30. The maximum Gasteiger partial charge on any atom is 0.332 e. The Morgan fingerprint density at radius 1 is 0.558 bits per heavy atom. The normalized spacial score (nSPS) is 20.1. The number of fused-ring (bicyclic) bond motifs is 2. The van der Waals surface area contributed by atoms with Crippen LogP contribution >= 0.6 is 0 Å². The minimum Gasteiger partial charge on any atom is -0.435 e. The molecule has 0 heterocycles. The van der Waals surface area contributed by atoms with Gasteiger partial charge in [0.15, 0.2) is 13.6 Å². The van der Waals surface area contributed by atoms with Crippen molar-refractivity contribution in [2.24, 2.45) is 11.8 Å². The first kappa shape index (κ1) is 36.5. The lowest BCUT2D eigenvalue weighted by molar-refractivity contribution is -0.159. The molecule has 0 aliphatic heterocycles. The van der Waals surface area contributed by atoms with E-state index in [1.807, 2.05) is 72.8 Å². The summed E-state index contributed by atoms with van der Waals surface area (Å²) in [6.07, 6.45) is 7.13. The molecule has 0 bridgehead atoms. The molecule has 0 aromatic heterocycles. The molecule has 10 nitrogen and oxygen atoms in total. The Hall–Kier alpha value is -5.32. The molecule has 2 fully saturated rings. The van der Waals surface area contributed by atoms with Crippen molar-refractivity contribution in [1.29, 1.82) is 0 Å². The molecule has 0 radical (unpaired) electrons. The Balaban J connectivity index is 1.11. The van der Waals surface area contributed by atoms with Crippen molar-refractivity contribution in [3.63, 3.8) is 0 Å². The lowest BCUT2D eigenvalue weighted by Gasteiger charge is -2.27. The zero-order valence-electron chi connectivity index (χ0n) is 29.0. The lowest BCUT2D eigenvalue weighted by Crippen LogP contribution is -2.29. The summed E-state index contributed by atoms with van der Waals surface area (Å²) in [5.41, 5.74) is 1.91. The van der Waals surface area contributed by atoms with Crippen molar-refractivity contribution >= 4 is 45.4 Å². The van der Waals surface area contributed by atoms with Gasteiger partial charge in [0.2, 0.25) is 0 Å². The number of hydrogen-bond donors (Lipinski definition) is 0. The van der Waals surface area contributed by atoms with Gasteiger partial charge in [0.25, 0.3) is 0 Å². The molecule has 0 amide bonds. The van der Waals surface area contributed by atoms with E-state index in [9.17, 15) is 19.2 Å². The maximum absolute atomic E-state index is 13.2. The molecule has 0 N–H and O–H groups in total. The monoisotopic (exact) mass is 706 g/mol. The molecule has 52 heavy (non-hydrogen) atoms. The van der Waals surface area contributed by atoms with Crippen LogP contribution in [0.2, 0.25) is 0 Å². The van der Waals surface area contributed by atoms with Gasteiger partial charge >= 0.3 is 23.9 Å². The Labute approximate surface area is 302 Å². The van der Waals surface area contributed by atoms with Crippen LogP contribution in [0.25, 0.3) is 32.7 Å². The van der Waals surface area contributed by atoms with Gasteiger partial charge in [-0.3, -0.25) is 9.59 Å².